The third kappa shape index (κ3) is 3.70. The van der Waals surface area contributed by atoms with Crippen LogP contribution < -0.4 is 0 Å². The van der Waals surface area contributed by atoms with E-state index in [1.54, 1.807) is 24.3 Å². The molecule has 1 aromatic heterocycles. The summed E-state index contributed by atoms with van der Waals surface area (Å²) in [4.78, 5) is 15.8. The largest absolute Gasteiger partial charge is 0.457 e. The number of carbonyl (C=O) groups excluding carboxylic acids is 1. The maximum atomic E-state index is 12.9. The van der Waals surface area contributed by atoms with Crippen LogP contribution in [0, 0.1) is 5.41 Å². The van der Waals surface area contributed by atoms with Gasteiger partial charge in [-0.25, -0.2) is 0 Å². The summed E-state index contributed by atoms with van der Waals surface area (Å²) in [5.41, 5.74) is 0.254. The number of amides is 1. The Kier molecular flexibility index (Phi) is 4.80. The number of aliphatic imine (C=N–C) groups is 1. The Hall–Kier alpha value is -2.56. The molecular weight excluding hydrogens is 452 g/mol. The lowest BCUT2D eigenvalue weighted by atomic mass is 10.1. The summed E-state index contributed by atoms with van der Waals surface area (Å²) in [5.74, 6) is -0.872. The molecule has 1 aromatic carbocycles. The number of hydrazone groups is 1. The van der Waals surface area contributed by atoms with E-state index in [2.05, 4.69) is 10.1 Å². The first kappa shape index (κ1) is 19.7. The minimum absolute atomic E-state index is 0.176. The van der Waals surface area contributed by atoms with Crippen LogP contribution in [0.4, 0.5) is 13.2 Å². The minimum Gasteiger partial charge on any atom is -0.457 e. The molecule has 0 spiro atoms. The molecule has 0 bridgehead atoms. The Balaban J connectivity index is 1.67. The molecule has 3 heterocycles. The number of hydrogen-bond acceptors (Lipinski definition) is 5. The number of thioether (sulfide) groups is 1. The van der Waals surface area contributed by atoms with Gasteiger partial charge in [-0.15, -0.1) is 0 Å². The fraction of sp³-hybridized carbons (Fsp3) is 0.0588. The molecule has 12 heteroatoms. The van der Waals surface area contributed by atoms with Gasteiger partial charge >= 0.3 is 6.18 Å². The van der Waals surface area contributed by atoms with Gasteiger partial charge in [-0.05, 0) is 48.2 Å². The normalized spacial score (nSPS) is 18.2. The van der Waals surface area contributed by atoms with Crippen molar-refractivity contribution < 1.29 is 22.4 Å². The second-order valence-corrected chi connectivity index (χ2v) is 7.55. The molecule has 1 N–H and O–H groups in total. The van der Waals surface area contributed by atoms with Crippen molar-refractivity contribution in [2.75, 3.05) is 0 Å². The van der Waals surface area contributed by atoms with E-state index in [1.165, 1.54) is 12.1 Å². The van der Waals surface area contributed by atoms with Crippen molar-refractivity contribution >= 4 is 63.0 Å². The first-order valence-electron chi connectivity index (χ1n) is 7.76. The van der Waals surface area contributed by atoms with Gasteiger partial charge in [0.1, 0.15) is 11.5 Å². The monoisotopic (exact) mass is 458 g/mol. The van der Waals surface area contributed by atoms with Crippen molar-refractivity contribution in [3.63, 3.8) is 0 Å². The van der Waals surface area contributed by atoms with E-state index < -0.39 is 23.0 Å². The molecule has 0 unspecified atom stereocenters. The Morgan fingerprint density at radius 2 is 1.97 bits per heavy atom. The van der Waals surface area contributed by atoms with Crippen molar-refractivity contribution in [3.8, 4) is 11.3 Å². The second-order valence-electron chi connectivity index (χ2n) is 5.75. The van der Waals surface area contributed by atoms with E-state index in [1.807, 2.05) is 0 Å². The van der Waals surface area contributed by atoms with Gasteiger partial charge in [-0.3, -0.25) is 10.2 Å². The van der Waals surface area contributed by atoms with Gasteiger partial charge in [0, 0.05) is 10.6 Å². The van der Waals surface area contributed by atoms with Crippen molar-refractivity contribution in [1.29, 1.82) is 5.41 Å². The van der Waals surface area contributed by atoms with Crippen molar-refractivity contribution in [2.24, 2.45) is 10.1 Å². The number of furan rings is 1. The van der Waals surface area contributed by atoms with E-state index in [0.717, 1.165) is 0 Å². The predicted octanol–water partition coefficient (Wildman–Crippen LogP) is 5.43. The zero-order valence-electron chi connectivity index (χ0n) is 13.9. The fourth-order valence-electron chi connectivity index (χ4n) is 2.51. The lowest BCUT2D eigenvalue weighted by molar-refractivity contribution is -0.114. The first-order chi connectivity index (χ1) is 13.6. The van der Waals surface area contributed by atoms with Gasteiger partial charge in [0.05, 0.1) is 10.6 Å². The molecule has 29 heavy (non-hydrogen) atoms. The molecule has 2 aromatic rings. The van der Waals surface area contributed by atoms with E-state index in [-0.39, 0.29) is 28.3 Å². The molecule has 4 rings (SSSR count). The maximum absolute atomic E-state index is 12.9. The predicted molar refractivity (Wildman–Crippen MR) is 105 cm³/mol. The number of nitrogens with zero attached hydrogens (tertiary/aromatic N) is 3. The highest BCUT2D eigenvalue weighted by molar-refractivity contribution is 8.27. The summed E-state index contributed by atoms with van der Waals surface area (Å²) in [7, 11) is 0. The number of hydrogen-bond donors (Lipinski definition) is 1. The molecule has 0 radical (unpaired) electrons. The number of nitrogens with one attached hydrogen (secondary N) is 1. The van der Waals surface area contributed by atoms with E-state index in [9.17, 15) is 18.0 Å². The van der Waals surface area contributed by atoms with Crippen LogP contribution in [0.1, 0.15) is 5.76 Å². The summed E-state index contributed by atoms with van der Waals surface area (Å²) in [6.07, 6.45) is -3.50. The standard InChI is InChI=1S/C17H7Cl2F3N4O2S/c18-7-1-3-11(19)9(5-7)12-4-2-8(28-12)6-10-13(23)26-16(24-14(10)27)29-15(25-26)17(20,21)22/h1-6,23H/b10-6-,23-13?. The van der Waals surface area contributed by atoms with Gasteiger partial charge in [-0.1, -0.05) is 23.2 Å². The van der Waals surface area contributed by atoms with Crippen LogP contribution in [0.3, 0.4) is 0 Å². The zero-order valence-corrected chi connectivity index (χ0v) is 16.2. The van der Waals surface area contributed by atoms with E-state index in [0.29, 0.717) is 26.4 Å². The van der Waals surface area contributed by atoms with Crippen LogP contribution in [0.5, 0.6) is 0 Å². The number of amidine groups is 2. The van der Waals surface area contributed by atoms with Gasteiger partial charge < -0.3 is 4.42 Å². The summed E-state index contributed by atoms with van der Waals surface area (Å²) in [6, 6.07) is 7.90. The number of rotatable bonds is 2. The molecule has 0 aliphatic carbocycles. The average Bonchev–Trinajstić information content (AvgIpc) is 3.27. The van der Waals surface area contributed by atoms with Crippen LogP contribution in [0.25, 0.3) is 17.4 Å². The summed E-state index contributed by atoms with van der Waals surface area (Å²) in [5, 5.41) is 11.4. The number of fused-ring (bicyclic) bond motifs is 1. The van der Waals surface area contributed by atoms with Crippen LogP contribution in [-0.2, 0) is 4.79 Å². The molecule has 0 saturated carbocycles. The molecule has 0 atom stereocenters. The van der Waals surface area contributed by atoms with Crippen LogP contribution >= 0.6 is 35.0 Å². The third-order valence-electron chi connectivity index (χ3n) is 3.80. The molecule has 2 aliphatic heterocycles. The van der Waals surface area contributed by atoms with Crippen LogP contribution in [0.15, 0.2) is 50.4 Å². The molecule has 2 aliphatic rings. The number of halogens is 5. The lowest BCUT2D eigenvalue weighted by Gasteiger charge is -2.19. The Bertz CT molecular complexity index is 1150. The van der Waals surface area contributed by atoms with Gasteiger partial charge in [0.2, 0.25) is 10.2 Å². The Morgan fingerprint density at radius 1 is 1.21 bits per heavy atom. The zero-order chi connectivity index (χ0) is 20.9. The SMILES string of the molecule is N=C1/C(=C/c2ccc(-c3cc(Cl)ccc3Cl)o2)C(=O)N=C2SC(C(F)(F)F)=NN12. The molecule has 6 nitrogen and oxygen atoms in total. The van der Waals surface area contributed by atoms with Gasteiger partial charge in [0.25, 0.3) is 5.91 Å². The number of benzene rings is 1. The fourth-order valence-corrected chi connectivity index (χ4v) is 3.65. The van der Waals surface area contributed by atoms with Crippen molar-refractivity contribution in [1.82, 2.24) is 5.01 Å². The molecule has 1 amide bonds. The summed E-state index contributed by atoms with van der Waals surface area (Å²) in [6.45, 7) is 0. The van der Waals surface area contributed by atoms with E-state index >= 15 is 0 Å². The van der Waals surface area contributed by atoms with Crippen molar-refractivity contribution in [3.05, 3.63) is 51.7 Å². The summed E-state index contributed by atoms with van der Waals surface area (Å²) >= 11 is 12.3. The smallest absolute Gasteiger partial charge is 0.441 e. The number of alkyl halides is 3. The van der Waals surface area contributed by atoms with E-state index in [4.69, 9.17) is 33.0 Å². The van der Waals surface area contributed by atoms with Crippen molar-refractivity contribution in [2.45, 2.75) is 6.18 Å². The highest BCUT2D eigenvalue weighted by Crippen LogP contribution is 2.36. The van der Waals surface area contributed by atoms with Crippen LogP contribution in [-0.4, -0.2) is 33.1 Å². The second kappa shape index (κ2) is 7.05. The first-order valence-corrected chi connectivity index (χ1v) is 9.33. The Morgan fingerprint density at radius 3 is 2.69 bits per heavy atom. The molecular formula is C17H7Cl2F3N4O2S. The molecule has 0 saturated heterocycles. The molecule has 0 fully saturated rings. The van der Waals surface area contributed by atoms with Gasteiger partial charge in [0.15, 0.2) is 5.84 Å². The minimum atomic E-state index is -4.70. The molecule has 148 valence electrons. The number of carbonyl (C=O) groups is 1. The Labute approximate surface area is 175 Å². The maximum Gasteiger partial charge on any atom is 0.441 e. The lowest BCUT2D eigenvalue weighted by Crippen LogP contribution is -2.35. The quantitative estimate of drug-likeness (QED) is 0.607. The third-order valence-corrected chi connectivity index (χ3v) is 5.32. The topological polar surface area (TPSA) is 82.0 Å². The van der Waals surface area contributed by atoms with Crippen LogP contribution in [0.2, 0.25) is 10.0 Å². The van der Waals surface area contributed by atoms with Gasteiger partial charge in [-0.2, -0.15) is 28.3 Å². The highest BCUT2D eigenvalue weighted by Gasteiger charge is 2.46. The highest BCUT2D eigenvalue weighted by atomic mass is 35.5. The average molecular weight is 459 g/mol. The summed E-state index contributed by atoms with van der Waals surface area (Å²) < 4.78 is 44.2.